The molecule has 1 atom stereocenters. The van der Waals surface area contributed by atoms with Gasteiger partial charge in [-0.1, -0.05) is 26.0 Å². The fourth-order valence-corrected chi connectivity index (χ4v) is 1.86. The fourth-order valence-electron chi connectivity index (χ4n) is 1.86. The molecule has 0 fully saturated rings. The van der Waals surface area contributed by atoms with Gasteiger partial charge in [-0.25, -0.2) is 0 Å². The van der Waals surface area contributed by atoms with Gasteiger partial charge in [0, 0.05) is 32.2 Å². The van der Waals surface area contributed by atoms with Crippen molar-refractivity contribution >= 4 is 41.5 Å². The molecule has 0 aliphatic rings. The second kappa shape index (κ2) is 11.3. The number of nitrogens with zero attached hydrogens (tertiary/aromatic N) is 1. The Labute approximate surface area is 156 Å². The lowest BCUT2D eigenvalue weighted by Gasteiger charge is -2.20. The maximum Gasteiger partial charge on any atom is 0.221 e. The number of hydrogen-bond donors (Lipinski definition) is 3. The summed E-state index contributed by atoms with van der Waals surface area (Å²) in [5.41, 5.74) is 2.04. The van der Waals surface area contributed by atoms with Crippen LogP contribution in [0.3, 0.4) is 0 Å². The summed E-state index contributed by atoms with van der Waals surface area (Å²) in [4.78, 5) is 15.2. The van der Waals surface area contributed by atoms with Gasteiger partial charge in [0.25, 0.3) is 0 Å². The molecule has 130 valence electrons. The first-order valence-electron chi connectivity index (χ1n) is 7.76. The third-order valence-electron chi connectivity index (χ3n) is 3.57. The highest BCUT2D eigenvalue weighted by atomic mass is 127. The second-order valence-corrected chi connectivity index (χ2v) is 5.80. The lowest BCUT2D eigenvalue weighted by Crippen LogP contribution is -2.44. The second-order valence-electron chi connectivity index (χ2n) is 5.80. The third kappa shape index (κ3) is 8.78. The maximum absolute atomic E-state index is 11.0. The third-order valence-corrected chi connectivity index (χ3v) is 3.57. The highest BCUT2D eigenvalue weighted by Crippen LogP contribution is 2.09. The maximum atomic E-state index is 11.0. The molecule has 0 aromatic heterocycles. The van der Waals surface area contributed by atoms with Crippen molar-refractivity contribution in [3.8, 4) is 0 Å². The average Bonchev–Trinajstić information content (AvgIpc) is 2.47. The van der Waals surface area contributed by atoms with Gasteiger partial charge in [-0.05, 0) is 37.0 Å². The van der Waals surface area contributed by atoms with Gasteiger partial charge in [-0.2, -0.15) is 0 Å². The van der Waals surface area contributed by atoms with Crippen LogP contribution in [0.15, 0.2) is 29.3 Å². The number of rotatable bonds is 6. The van der Waals surface area contributed by atoms with E-state index in [1.54, 1.807) is 7.05 Å². The molecule has 3 N–H and O–H groups in total. The summed E-state index contributed by atoms with van der Waals surface area (Å²) in [7, 11) is 1.78. The standard InChI is InChI=1S/C17H28N4O.HI/c1-12(2)13(3)20-17(18-5)19-11-10-15-6-8-16(9-7-15)21-14(4)22;/h6-9,12-13H,10-11H2,1-5H3,(H,21,22)(H2,18,19,20);1H. The number of hydrogen-bond acceptors (Lipinski definition) is 2. The Morgan fingerprint density at radius 3 is 2.26 bits per heavy atom. The van der Waals surface area contributed by atoms with E-state index in [4.69, 9.17) is 0 Å². The number of carbonyl (C=O) groups is 1. The van der Waals surface area contributed by atoms with E-state index < -0.39 is 0 Å². The molecule has 6 heteroatoms. The van der Waals surface area contributed by atoms with Gasteiger partial charge in [0.1, 0.15) is 0 Å². The van der Waals surface area contributed by atoms with Crippen LogP contribution >= 0.6 is 24.0 Å². The van der Waals surface area contributed by atoms with Crippen LogP contribution < -0.4 is 16.0 Å². The average molecular weight is 432 g/mol. The predicted octanol–water partition coefficient (Wildman–Crippen LogP) is 3.02. The highest BCUT2D eigenvalue weighted by Gasteiger charge is 2.08. The molecule has 5 nitrogen and oxygen atoms in total. The Balaban J connectivity index is 0.00000484. The van der Waals surface area contributed by atoms with E-state index in [1.165, 1.54) is 12.5 Å². The quantitative estimate of drug-likeness (QED) is 0.368. The lowest BCUT2D eigenvalue weighted by molar-refractivity contribution is -0.114. The van der Waals surface area contributed by atoms with Crippen LogP contribution in [0.25, 0.3) is 0 Å². The number of aliphatic imine (C=N–C) groups is 1. The van der Waals surface area contributed by atoms with Gasteiger partial charge in [-0.15, -0.1) is 24.0 Å². The highest BCUT2D eigenvalue weighted by molar-refractivity contribution is 14.0. The molecule has 0 heterocycles. The Hall–Kier alpha value is -1.31. The molecule has 0 aliphatic carbocycles. The molecule has 1 aromatic rings. The molecule has 1 unspecified atom stereocenters. The van der Waals surface area contributed by atoms with Crippen LogP contribution in [0.1, 0.15) is 33.3 Å². The summed E-state index contributed by atoms with van der Waals surface area (Å²) in [6.45, 7) is 8.83. The van der Waals surface area contributed by atoms with Crippen molar-refractivity contribution in [1.29, 1.82) is 0 Å². The van der Waals surface area contributed by atoms with Gasteiger partial charge in [-0.3, -0.25) is 9.79 Å². The van der Waals surface area contributed by atoms with Crippen molar-refractivity contribution in [3.05, 3.63) is 29.8 Å². The van der Waals surface area contributed by atoms with Crippen LogP contribution in [0.4, 0.5) is 5.69 Å². The van der Waals surface area contributed by atoms with Gasteiger partial charge in [0.2, 0.25) is 5.91 Å². The topological polar surface area (TPSA) is 65.5 Å². The molecule has 0 saturated carbocycles. The van der Waals surface area contributed by atoms with Crippen molar-refractivity contribution in [3.63, 3.8) is 0 Å². The first-order chi connectivity index (χ1) is 10.4. The van der Waals surface area contributed by atoms with Crippen LogP contribution in [-0.2, 0) is 11.2 Å². The Morgan fingerprint density at radius 1 is 1.17 bits per heavy atom. The van der Waals surface area contributed by atoms with Crippen molar-refractivity contribution in [2.45, 2.75) is 40.2 Å². The van der Waals surface area contributed by atoms with Gasteiger partial charge < -0.3 is 16.0 Å². The van der Waals surface area contributed by atoms with E-state index in [2.05, 4.69) is 41.7 Å². The summed E-state index contributed by atoms with van der Waals surface area (Å²) in [5.74, 6) is 1.33. The molecule has 1 rings (SSSR count). The number of benzene rings is 1. The van der Waals surface area contributed by atoms with E-state index in [1.807, 2.05) is 24.3 Å². The monoisotopic (exact) mass is 432 g/mol. The zero-order chi connectivity index (χ0) is 16.5. The summed E-state index contributed by atoms with van der Waals surface area (Å²) in [5, 5.41) is 9.46. The Morgan fingerprint density at radius 2 is 1.78 bits per heavy atom. The van der Waals surface area contributed by atoms with Gasteiger partial charge >= 0.3 is 0 Å². The van der Waals surface area contributed by atoms with E-state index in [-0.39, 0.29) is 29.9 Å². The summed E-state index contributed by atoms with van der Waals surface area (Å²) in [6, 6.07) is 8.28. The largest absolute Gasteiger partial charge is 0.356 e. The SMILES string of the molecule is CN=C(NCCc1ccc(NC(C)=O)cc1)NC(C)C(C)C.I. The number of guanidine groups is 1. The number of anilines is 1. The molecule has 1 aromatic carbocycles. The van der Waals surface area contributed by atoms with Crippen molar-refractivity contribution < 1.29 is 4.79 Å². The van der Waals surface area contributed by atoms with Gasteiger partial charge in [0.05, 0.1) is 0 Å². The zero-order valence-corrected chi connectivity index (χ0v) is 17.0. The Kier molecular flexibility index (Phi) is 10.6. The molecular weight excluding hydrogens is 403 g/mol. The molecular formula is C17H29IN4O. The zero-order valence-electron chi connectivity index (χ0n) is 14.6. The number of carbonyl (C=O) groups excluding carboxylic acids is 1. The Bertz CT molecular complexity index is 500. The number of halogens is 1. The summed E-state index contributed by atoms with van der Waals surface area (Å²) >= 11 is 0. The molecule has 0 spiro atoms. The van der Waals surface area contributed by atoms with Crippen molar-refractivity contribution in [2.24, 2.45) is 10.9 Å². The normalized spacial score (nSPS) is 12.3. The van der Waals surface area contributed by atoms with E-state index in [0.717, 1.165) is 24.6 Å². The van der Waals surface area contributed by atoms with E-state index in [0.29, 0.717) is 12.0 Å². The molecule has 0 bridgehead atoms. The van der Waals surface area contributed by atoms with Crippen LogP contribution in [0, 0.1) is 5.92 Å². The molecule has 0 radical (unpaired) electrons. The number of amides is 1. The first kappa shape index (κ1) is 21.7. The smallest absolute Gasteiger partial charge is 0.221 e. The molecule has 23 heavy (non-hydrogen) atoms. The van der Waals surface area contributed by atoms with Crippen LogP contribution in [0.5, 0.6) is 0 Å². The molecule has 0 saturated heterocycles. The first-order valence-corrected chi connectivity index (χ1v) is 7.76. The van der Waals surface area contributed by atoms with Crippen molar-refractivity contribution in [2.75, 3.05) is 18.9 Å². The summed E-state index contributed by atoms with van der Waals surface area (Å²) in [6.07, 6.45) is 0.900. The summed E-state index contributed by atoms with van der Waals surface area (Å²) < 4.78 is 0. The molecule has 1 amide bonds. The van der Waals surface area contributed by atoms with E-state index in [9.17, 15) is 4.79 Å². The van der Waals surface area contributed by atoms with E-state index >= 15 is 0 Å². The van der Waals surface area contributed by atoms with Crippen molar-refractivity contribution in [1.82, 2.24) is 10.6 Å². The fraction of sp³-hybridized carbons (Fsp3) is 0.529. The minimum absolute atomic E-state index is 0. The molecule has 0 aliphatic heterocycles. The van der Waals surface area contributed by atoms with Gasteiger partial charge in [0.15, 0.2) is 5.96 Å². The van der Waals surface area contributed by atoms with Crippen LogP contribution in [-0.4, -0.2) is 31.5 Å². The minimum Gasteiger partial charge on any atom is -0.356 e. The van der Waals surface area contributed by atoms with Crippen LogP contribution in [0.2, 0.25) is 0 Å². The minimum atomic E-state index is -0.0523. The number of nitrogens with one attached hydrogen (secondary N) is 3. The lowest BCUT2D eigenvalue weighted by atomic mass is 10.1. The predicted molar refractivity (Wildman–Crippen MR) is 109 cm³/mol.